The molecule has 0 unspecified atom stereocenters. The van der Waals surface area contributed by atoms with E-state index >= 15 is 0 Å². The third-order valence-corrected chi connectivity index (χ3v) is 3.24. The highest BCUT2D eigenvalue weighted by atomic mass is 19.4. The lowest BCUT2D eigenvalue weighted by atomic mass is 10.1. The molecule has 1 rings (SSSR count). The van der Waals surface area contributed by atoms with Crippen molar-refractivity contribution in [1.82, 2.24) is 5.32 Å². The quantitative estimate of drug-likeness (QED) is 0.381. The molecule has 0 aliphatic carbocycles. The Balaban J connectivity index is 2.87. The molecule has 1 aromatic carbocycles. The molecule has 5 nitrogen and oxygen atoms in total. The van der Waals surface area contributed by atoms with Gasteiger partial charge in [-0.25, -0.2) is 4.79 Å². The molecule has 8 heteroatoms. The summed E-state index contributed by atoms with van der Waals surface area (Å²) in [7, 11) is 0. The second kappa shape index (κ2) is 9.96. The van der Waals surface area contributed by atoms with E-state index in [0.29, 0.717) is 17.5 Å². The summed E-state index contributed by atoms with van der Waals surface area (Å²) in [4.78, 5) is 22.9. The first-order chi connectivity index (χ1) is 12.9. The predicted octanol–water partition coefficient (Wildman–Crippen LogP) is 5.10. The van der Waals surface area contributed by atoms with Crippen LogP contribution in [0.2, 0.25) is 0 Å². The molecule has 0 saturated heterocycles. The lowest BCUT2D eigenvalue weighted by Crippen LogP contribution is -2.32. The van der Waals surface area contributed by atoms with Gasteiger partial charge in [0.25, 0.3) is 0 Å². The molecule has 0 spiro atoms. The zero-order valence-electron chi connectivity index (χ0n) is 16.3. The molecule has 0 aliphatic heterocycles. The monoisotopic (exact) mass is 398 g/mol. The number of hydrogen-bond donors (Lipinski definition) is 2. The summed E-state index contributed by atoms with van der Waals surface area (Å²) in [5.74, 6) is 0. The number of rotatable bonds is 7. The summed E-state index contributed by atoms with van der Waals surface area (Å²) in [6.07, 6.45) is -2.86. The second-order valence-corrected chi connectivity index (χ2v) is 6.96. The largest absolute Gasteiger partial charge is 0.444 e. The van der Waals surface area contributed by atoms with Crippen LogP contribution in [0.5, 0.6) is 0 Å². The zero-order chi connectivity index (χ0) is 21.4. The van der Waals surface area contributed by atoms with Gasteiger partial charge in [-0.15, -0.1) is 0 Å². The Morgan fingerprint density at radius 3 is 2.43 bits per heavy atom. The number of benzene rings is 1. The summed E-state index contributed by atoms with van der Waals surface area (Å²) < 4.78 is 44.1. The number of hydrogen-bond acceptors (Lipinski definition) is 4. The van der Waals surface area contributed by atoms with Crippen molar-refractivity contribution in [2.75, 3.05) is 5.32 Å². The number of aldehydes is 1. The molecule has 0 aliphatic rings. The number of carbonyl (C=O) groups excluding carboxylic acids is 2. The maximum absolute atomic E-state index is 13.0. The molecule has 0 fully saturated rings. The topological polar surface area (TPSA) is 67.4 Å². The smallest absolute Gasteiger partial charge is 0.416 e. The lowest BCUT2D eigenvalue weighted by molar-refractivity contribution is -0.104. The molecular weight excluding hydrogens is 373 g/mol. The fraction of sp³-hybridized carbons (Fsp3) is 0.400. The van der Waals surface area contributed by atoms with Crippen molar-refractivity contribution in [3.63, 3.8) is 0 Å². The molecule has 0 aromatic heterocycles. The summed E-state index contributed by atoms with van der Waals surface area (Å²) in [5, 5.41) is 5.25. The molecule has 2 N–H and O–H groups in total. The Labute approximate surface area is 162 Å². The number of carbonyl (C=O) groups is 2. The van der Waals surface area contributed by atoms with Crippen LogP contribution < -0.4 is 10.6 Å². The molecule has 0 radical (unpaired) electrons. The third-order valence-electron chi connectivity index (χ3n) is 3.24. The number of nitrogens with one attached hydrogen (secondary N) is 2. The first kappa shape index (κ1) is 23.3. The van der Waals surface area contributed by atoms with Gasteiger partial charge in [0.1, 0.15) is 5.60 Å². The third kappa shape index (κ3) is 8.75. The number of ether oxygens (including phenoxy) is 1. The Kier molecular flexibility index (Phi) is 8.28. The molecule has 0 atom stereocenters. The van der Waals surface area contributed by atoms with Crippen molar-refractivity contribution in [3.8, 4) is 0 Å². The molecule has 0 bridgehead atoms. The maximum Gasteiger partial charge on any atom is 0.416 e. The van der Waals surface area contributed by atoms with E-state index in [2.05, 4.69) is 10.6 Å². The van der Waals surface area contributed by atoms with Crippen molar-refractivity contribution in [3.05, 3.63) is 53.3 Å². The van der Waals surface area contributed by atoms with Crippen molar-refractivity contribution < 1.29 is 27.5 Å². The zero-order valence-corrected chi connectivity index (χ0v) is 16.3. The van der Waals surface area contributed by atoms with Gasteiger partial charge in [0, 0.05) is 12.2 Å². The minimum Gasteiger partial charge on any atom is -0.444 e. The first-order valence-electron chi connectivity index (χ1n) is 8.71. The van der Waals surface area contributed by atoms with Gasteiger partial charge in [-0.1, -0.05) is 25.1 Å². The van der Waals surface area contributed by atoms with E-state index in [4.69, 9.17) is 4.74 Å². The molecule has 1 amide bonds. The standard InChI is InChI=1S/C20H25F3N2O3/c1-5-7-15(20(21,22)23)11-17(13-26)25-16-9-6-8-14(10-16)12-24-18(27)28-19(2,3)4/h6-11,13,25H,5,12H2,1-4H3,(H,24,27)/b15-7-,17-11-. The average molecular weight is 398 g/mol. The molecule has 28 heavy (non-hydrogen) atoms. The molecular formula is C20H25F3N2O3. The van der Waals surface area contributed by atoms with Crippen molar-refractivity contribution in [2.45, 2.75) is 52.4 Å². The lowest BCUT2D eigenvalue weighted by Gasteiger charge is -2.19. The van der Waals surface area contributed by atoms with Gasteiger partial charge < -0.3 is 15.4 Å². The van der Waals surface area contributed by atoms with Gasteiger partial charge >= 0.3 is 12.3 Å². The van der Waals surface area contributed by atoms with E-state index in [1.807, 2.05) is 0 Å². The fourth-order valence-electron chi connectivity index (χ4n) is 2.16. The van der Waals surface area contributed by atoms with Crippen LogP contribution in [0, 0.1) is 0 Å². The fourth-order valence-corrected chi connectivity index (χ4v) is 2.16. The Hall–Kier alpha value is -2.77. The van der Waals surface area contributed by atoms with Crippen molar-refractivity contribution >= 4 is 18.1 Å². The maximum atomic E-state index is 13.0. The summed E-state index contributed by atoms with van der Waals surface area (Å²) >= 11 is 0. The van der Waals surface area contributed by atoms with Gasteiger partial charge in [-0.3, -0.25) is 4.79 Å². The number of allylic oxidation sites excluding steroid dienone is 4. The van der Waals surface area contributed by atoms with Gasteiger partial charge in [0.05, 0.1) is 11.3 Å². The van der Waals surface area contributed by atoms with Gasteiger partial charge in [-0.05, 0) is 51.0 Å². The van der Waals surface area contributed by atoms with Gasteiger partial charge in [0.2, 0.25) is 0 Å². The van der Waals surface area contributed by atoms with Crippen LogP contribution in [0.1, 0.15) is 39.7 Å². The van der Waals surface area contributed by atoms with E-state index in [1.54, 1.807) is 52.0 Å². The van der Waals surface area contributed by atoms with E-state index < -0.39 is 23.4 Å². The highest BCUT2D eigenvalue weighted by Crippen LogP contribution is 2.28. The number of anilines is 1. The molecule has 1 aromatic rings. The van der Waals surface area contributed by atoms with Gasteiger partial charge in [0.15, 0.2) is 6.29 Å². The van der Waals surface area contributed by atoms with Crippen LogP contribution in [0.15, 0.2) is 47.7 Å². The summed E-state index contributed by atoms with van der Waals surface area (Å²) in [6, 6.07) is 6.60. The van der Waals surface area contributed by atoms with Crippen LogP contribution in [0.25, 0.3) is 0 Å². The normalized spacial score (nSPS) is 13.1. The predicted molar refractivity (Wildman–Crippen MR) is 102 cm³/mol. The van der Waals surface area contributed by atoms with E-state index in [-0.39, 0.29) is 18.7 Å². The Bertz CT molecular complexity index is 748. The SMILES string of the molecule is CC/C=C(/C=C(/C=O)Nc1cccc(CNC(=O)OC(C)(C)C)c1)C(F)(F)F. The highest BCUT2D eigenvalue weighted by molar-refractivity contribution is 5.80. The number of alkyl carbamates (subject to hydrolysis) is 1. The van der Waals surface area contributed by atoms with E-state index in [0.717, 1.165) is 12.2 Å². The molecule has 0 heterocycles. The average Bonchev–Trinajstić information content (AvgIpc) is 2.57. The number of alkyl halides is 3. The van der Waals surface area contributed by atoms with Crippen LogP contribution in [0.3, 0.4) is 0 Å². The van der Waals surface area contributed by atoms with E-state index in [1.165, 1.54) is 0 Å². The van der Waals surface area contributed by atoms with Crippen molar-refractivity contribution in [1.29, 1.82) is 0 Å². The molecule has 154 valence electrons. The second-order valence-electron chi connectivity index (χ2n) is 6.96. The minimum absolute atomic E-state index is 0.161. The van der Waals surface area contributed by atoms with Crippen LogP contribution in [0.4, 0.5) is 23.7 Å². The highest BCUT2D eigenvalue weighted by Gasteiger charge is 2.32. The van der Waals surface area contributed by atoms with Crippen LogP contribution in [-0.2, 0) is 16.1 Å². The number of halogens is 3. The first-order valence-corrected chi connectivity index (χ1v) is 8.71. The summed E-state index contributed by atoms with van der Waals surface area (Å²) in [6.45, 7) is 6.97. The Morgan fingerprint density at radius 2 is 1.89 bits per heavy atom. The van der Waals surface area contributed by atoms with Crippen LogP contribution in [-0.4, -0.2) is 24.2 Å². The minimum atomic E-state index is -4.55. The van der Waals surface area contributed by atoms with Crippen molar-refractivity contribution in [2.24, 2.45) is 0 Å². The molecule has 0 saturated carbocycles. The van der Waals surface area contributed by atoms with E-state index in [9.17, 15) is 22.8 Å². The van der Waals surface area contributed by atoms with Gasteiger partial charge in [-0.2, -0.15) is 13.2 Å². The summed E-state index contributed by atoms with van der Waals surface area (Å²) in [5.41, 5.74) is -0.651. The number of amides is 1. The van der Waals surface area contributed by atoms with Crippen LogP contribution >= 0.6 is 0 Å². The Morgan fingerprint density at radius 1 is 1.21 bits per heavy atom.